The van der Waals surface area contributed by atoms with Crippen molar-refractivity contribution in [1.29, 1.82) is 0 Å². The SMILES string of the molecule is C=C(/N=C(\NC(N)=O)Nc1ccc(/N=N/c2cc(S(=O)(=O)O)cc(S(=O)(=O)O)c2)c(C)c1)Nc1ccc(/N=N/c2cc(S(=O)(=O)O)cc(S(=O)(=O)O)c2)cc1OC. The van der Waals surface area contributed by atoms with Gasteiger partial charge in [-0.05, 0) is 79.2 Å². The Kier molecular flexibility index (Phi) is 12.9. The average Bonchev–Trinajstić information content (AvgIpc) is 3.08. The van der Waals surface area contributed by atoms with E-state index in [0.29, 0.717) is 23.4 Å². The van der Waals surface area contributed by atoms with Crippen molar-refractivity contribution >= 4 is 86.6 Å². The maximum atomic E-state index is 11.8. The molecule has 0 heterocycles. The fourth-order valence-corrected chi connectivity index (χ4v) is 6.73. The summed E-state index contributed by atoms with van der Waals surface area (Å²) < 4.78 is 136. The van der Waals surface area contributed by atoms with Gasteiger partial charge in [-0.1, -0.05) is 6.58 Å². The number of carbonyl (C=O) groups excluding carboxylic acids is 1. The molecule has 0 aliphatic rings. The van der Waals surface area contributed by atoms with Crippen LogP contribution in [0.15, 0.2) is 130 Å². The molecule has 23 nitrogen and oxygen atoms in total. The minimum Gasteiger partial charge on any atom is -0.494 e. The van der Waals surface area contributed by atoms with Gasteiger partial charge in [0.25, 0.3) is 40.5 Å². The quantitative estimate of drug-likeness (QED) is 0.0385. The van der Waals surface area contributed by atoms with Crippen LogP contribution in [0, 0.1) is 6.92 Å². The van der Waals surface area contributed by atoms with Crippen molar-refractivity contribution in [2.75, 3.05) is 17.7 Å². The predicted octanol–water partition coefficient (Wildman–Crippen LogP) is 4.84. The second kappa shape index (κ2) is 16.9. The van der Waals surface area contributed by atoms with Crippen molar-refractivity contribution < 1.29 is 61.4 Å². The molecule has 57 heavy (non-hydrogen) atoms. The molecule has 27 heteroatoms. The molecule has 2 amide bonds. The van der Waals surface area contributed by atoms with Crippen LogP contribution in [-0.4, -0.2) is 71.0 Å². The Morgan fingerprint density at radius 3 is 1.56 bits per heavy atom. The highest BCUT2D eigenvalue weighted by Crippen LogP contribution is 2.33. The lowest BCUT2D eigenvalue weighted by atomic mass is 10.2. The summed E-state index contributed by atoms with van der Waals surface area (Å²) in [6, 6.07) is 12.0. The van der Waals surface area contributed by atoms with Crippen LogP contribution in [0.1, 0.15) is 5.56 Å². The number of rotatable bonds is 13. The van der Waals surface area contributed by atoms with Crippen molar-refractivity contribution in [3.63, 3.8) is 0 Å². The first kappa shape index (κ1) is 43.5. The van der Waals surface area contributed by atoms with E-state index in [2.05, 4.69) is 48.0 Å². The number of carbonyl (C=O) groups is 1. The number of nitrogens with two attached hydrogens (primary N) is 1. The van der Waals surface area contributed by atoms with Crippen LogP contribution in [0.5, 0.6) is 5.75 Å². The van der Waals surface area contributed by atoms with Crippen LogP contribution in [0.2, 0.25) is 0 Å². The zero-order valence-electron chi connectivity index (χ0n) is 29.0. The van der Waals surface area contributed by atoms with Crippen LogP contribution < -0.4 is 26.4 Å². The Labute approximate surface area is 324 Å². The molecule has 0 aliphatic carbocycles. The van der Waals surface area contributed by atoms with Gasteiger partial charge in [0.05, 0.1) is 55.1 Å². The molecule has 0 atom stereocenters. The van der Waals surface area contributed by atoms with E-state index in [1.165, 1.54) is 43.5 Å². The predicted molar refractivity (Wildman–Crippen MR) is 201 cm³/mol. The van der Waals surface area contributed by atoms with Crippen molar-refractivity contribution in [2.24, 2.45) is 31.2 Å². The first-order valence-corrected chi connectivity index (χ1v) is 20.8. The first-order valence-electron chi connectivity index (χ1n) is 15.0. The first-order chi connectivity index (χ1) is 26.3. The molecular formula is C30H29N9O14S4. The van der Waals surface area contributed by atoms with Gasteiger partial charge >= 0.3 is 6.03 Å². The zero-order chi connectivity index (χ0) is 42.5. The minimum atomic E-state index is -4.88. The summed E-state index contributed by atoms with van der Waals surface area (Å²) in [7, 11) is -18.2. The maximum absolute atomic E-state index is 11.8. The number of aliphatic imine (C=N–C) groups is 1. The second-order valence-electron chi connectivity index (χ2n) is 11.2. The van der Waals surface area contributed by atoms with Gasteiger partial charge in [0.15, 0.2) is 0 Å². The van der Waals surface area contributed by atoms with E-state index in [9.17, 15) is 56.7 Å². The summed E-state index contributed by atoms with van der Waals surface area (Å²) in [4.78, 5) is 12.5. The molecule has 0 aliphatic heterocycles. The number of anilines is 2. The van der Waals surface area contributed by atoms with Crippen LogP contribution in [0.25, 0.3) is 0 Å². The number of benzene rings is 4. The molecular weight excluding hydrogens is 839 g/mol. The van der Waals surface area contributed by atoms with E-state index in [1.54, 1.807) is 6.92 Å². The number of aryl methyl sites for hydroxylation is 1. The van der Waals surface area contributed by atoms with Crippen LogP contribution in [-0.2, 0) is 40.5 Å². The monoisotopic (exact) mass is 867 g/mol. The Balaban J connectivity index is 1.54. The number of primary amides is 1. The van der Waals surface area contributed by atoms with E-state index in [-0.39, 0.29) is 46.0 Å². The molecule has 4 aromatic carbocycles. The fraction of sp³-hybridized carbons (Fsp3) is 0.0667. The molecule has 0 bridgehead atoms. The third-order valence-corrected chi connectivity index (χ3v) is 10.2. The van der Waals surface area contributed by atoms with Crippen LogP contribution in [0.4, 0.5) is 38.9 Å². The molecule has 0 radical (unpaired) electrons. The number of guanidine groups is 1. The Morgan fingerprint density at radius 1 is 0.649 bits per heavy atom. The lowest BCUT2D eigenvalue weighted by molar-refractivity contribution is 0.253. The molecule has 0 fully saturated rings. The summed E-state index contributed by atoms with van der Waals surface area (Å²) in [5, 5.41) is 23.4. The molecule has 302 valence electrons. The minimum absolute atomic E-state index is 0.0720. The average molecular weight is 868 g/mol. The number of nitrogens with one attached hydrogen (secondary N) is 3. The summed E-state index contributed by atoms with van der Waals surface area (Å²) in [6.07, 6.45) is 0. The molecule has 4 aromatic rings. The van der Waals surface area contributed by atoms with Crippen molar-refractivity contribution in [2.45, 2.75) is 26.5 Å². The van der Waals surface area contributed by atoms with Crippen molar-refractivity contribution in [1.82, 2.24) is 5.32 Å². The lowest BCUT2D eigenvalue weighted by Gasteiger charge is -2.14. The highest BCUT2D eigenvalue weighted by atomic mass is 32.2. The summed E-state index contributed by atoms with van der Waals surface area (Å²) in [5.74, 6) is -0.142. The largest absolute Gasteiger partial charge is 0.494 e. The van der Waals surface area contributed by atoms with Gasteiger partial charge in [0.1, 0.15) is 11.6 Å². The number of ether oxygens (including phenoxy) is 1. The smallest absolute Gasteiger partial charge is 0.318 e. The highest BCUT2D eigenvalue weighted by Gasteiger charge is 2.20. The van der Waals surface area contributed by atoms with Gasteiger partial charge in [-0.25, -0.2) is 4.79 Å². The van der Waals surface area contributed by atoms with Gasteiger partial charge in [0, 0.05) is 11.8 Å². The highest BCUT2D eigenvalue weighted by molar-refractivity contribution is 7.87. The molecule has 0 saturated heterocycles. The molecule has 0 unspecified atom stereocenters. The van der Waals surface area contributed by atoms with Gasteiger partial charge in [0.2, 0.25) is 5.96 Å². The number of methoxy groups -OCH3 is 1. The number of azo groups is 2. The molecule has 0 aromatic heterocycles. The van der Waals surface area contributed by atoms with E-state index >= 15 is 0 Å². The number of amides is 2. The number of nitrogens with zero attached hydrogens (tertiary/aromatic N) is 5. The fourth-order valence-electron chi connectivity index (χ4n) is 4.40. The van der Waals surface area contributed by atoms with E-state index in [4.69, 9.17) is 10.5 Å². The van der Waals surface area contributed by atoms with Crippen LogP contribution in [0.3, 0.4) is 0 Å². The van der Waals surface area contributed by atoms with E-state index < -0.39 is 66.1 Å². The third-order valence-electron chi connectivity index (χ3n) is 6.89. The third kappa shape index (κ3) is 12.4. The summed E-state index contributed by atoms with van der Waals surface area (Å²) in [6.45, 7) is 5.39. The standard InChI is InChI=1S/C30H29N9O14S4/c1-16-8-18(4-6-26(16)39-38-21-11-24(56(47,48)49)15-25(12-21)57(50,51)52)34-30(35-29(31)40)33-17(2)32-27-7-5-19(13-28(27)53-3)36-37-20-9-22(54(41,42)43)14-23(10-20)55(44,45)46/h4-15,32H,2H2,1,3H3,(H,41,42,43)(H,44,45,46)(H,47,48,49)(H,50,51,52)(H4,31,33,34,35,40)/b37-36+,39-38+. The van der Waals surface area contributed by atoms with Gasteiger partial charge < -0.3 is 21.1 Å². The zero-order valence-corrected chi connectivity index (χ0v) is 32.2. The van der Waals surface area contributed by atoms with Crippen LogP contribution >= 0.6 is 0 Å². The second-order valence-corrected chi connectivity index (χ2v) is 16.8. The van der Waals surface area contributed by atoms with Crippen molar-refractivity contribution in [3.05, 3.63) is 90.8 Å². The van der Waals surface area contributed by atoms with Gasteiger partial charge in [-0.3, -0.25) is 23.5 Å². The lowest BCUT2D eigenvalue weighted by Crippen LogP contribution is -2.39. The summed E-state index contributed by atoms with van der Waals surface area (Å²) in [5.41, 5.74) is 6.00. The number of hydrogen-bond acceptors (Lipinski definition) is 16. The maximum Gasteiger partial charge on any atom is 0.318 e. The molecule has 0 saturated carbocycles. The molecule has 4 rings (SSSR count). The normalized spacial score (nSPS) is 12.8. The Hall–Kier alpha value is -6.20. The Morgan fingerprint density at radius 2 is 1.12 bits per heavy atom. The molecule has 0 spiro atoms. The van der Waals surface area contributed by atoms with Gasteiger partial charge in [-0.2, -0.15) is 59.1 Å². The van der Waals surface area contributed by atoms with Crippen molar-refractivity contribution in [3.8, 4) is 5.75 Å². The topological polar surface area (TPSA) is 368 Å². The number of urea groups is 1. The number of hydrogen-bond donors (Lipinski definition) is 8. The van der Waals surface area contributed by atoms with Gasteiger partial charge in [-0.15, -0.1) is 0 Å². The van der Waals surface area contributed by atoms with E-state index in [0.717, 1.165) is 24.3 Å². The summed E-state index contributed by atoms with van der Waals surface area (Å²) >= 11 is 0. The molecule has 9 N–H and O–H groups in total. The Bertz CT molecular complexity index is 2730. The van der Waals surface area contributed by atoms with E-state index in [1.807, 2.05) is 0 Å².